The molecule has 0 atom stereocenters. The lowest BCUT2D eigenvalue weighted by atomic mass is 10.2. The van der Waals surface area contributed by atoms with Crippen molar-refractivity contribution in [3.8, 4) is 0 Å². The molecule has 0 unspecified atom stereocenters. The van der Waals surface area contributed by atoms with Crippen LogP contribution < -0.4 is 11.3 Å². The van der Waals surface area contributed by atoms with E-state index < -0.39 is 17.6 Å². The summed E-state index contributed by atoms with van der Waals surface area (Å²) in [4.78, 5) is 4.34. The van der Waals surface area contributed by atoms with Crippen LogP contribution in [0.4, 0.5) is 23.4 Å². The van der Waals surface area contributed by atoms with Crippen molar-refractivity contribution in [1.82, 2.24) is 4.98 Å². The van der Waals surface area contributed by atoms with Gasteiger partial charge < -0.3 is 5.43 Å². The first-order chi connectivity index (χ1) is 9.38. The van der Waals surface area contributed by atoms with Crippen LogP contribution in [0.5, 0.6) is 0 Å². The smallest absolute Gasteiger partial charge is 0.308 e. The monoisotopic (exact) mass is 303 g/mol. The molecule has 1 heterocycles. The average Bonchev–Trinajstić information content (AvgIpc) is 2.37. The summed E-state index contributed by atoms with van der Waals surface area (Å²) in [5.41, 5.74) is 1.20. The maximum Gasteiger partial charge on any atom is 0.416 e. The van der Waals surface area contributed by atoms with Crippen molar-refractivity contribution in [3.05, 3.63) is 47.8 Å². The lowest BCUT2D eigenvalue weighted by molar-refractivity contribution is -0.137. The van der Waals surface area contributed by atoms with Gasteiger partial charge in [-0.1, -0.05) is 17.8 Å². The third kappa shape index (κ3) is 3.61. The lowest BCUT2D eigenvalue weighted by Crippen LogP contribution is -2.12. The topological polar surface area (TPSA) is 50.9 Å². The van der Waals surface area contributed by atoms with Gasteiger partial charge in [0.25, 0.3) is 0 Å². The molecule has 2 aromatic rings. The van der Waals surface area contributed by atoms with E-state index in [1.807, 2.05) is 0 Å². The number of pyridine rings is 1. The van der Waals surface area contributed by atoms with Crippen molar-refractivity contribution in [3.63, 3.8) is 0 Å². The van der Waals surface area contributed by atoms with Crippen LogP contribution in [0.15, 0.2) is 46.3 Å². The molecule has 0 saturated heterocycles. The fraction of sp³-hybridized carbons (Fsp3) is 0.0833. The first-order valence-corrected chi connectivity index (χ1v) is 6.19. The van der Waals surface area contributed by atoms with E-state index in [0.29, 0.717) is 4.90 Å². The molecule has 106 valence electrons. The molecule has 1 aromatic carbocycles. The highest BCUT2D eigenvalue weighted by atomic mass is 32.2. The summed E-state index contributed by atoms with van der Waals surface area (Å²) < 4.78 is 51.2. The van der Waals surface area contributed by atoms with Crippen LogP contribution >= 0.6 is 11.8 Å². The molecular formula is C12H9F4N3S. The van der Waals surface area contributed by atoms with E-state index >= 15 is 0 Å². The van der Waals surface area contributed by atoms with Crippen molar-refractivity contribution < 1.29 is 17.6 Å². The van der Waals surface area contributed by atoms with Crippen molar-refractivity contribution in [2.45, 2.75) is 16.1 Å². The van der Waals surface area contributed by atoms with E-state index in [1.54, 1.807) is 6.07 Å². The highest BCUT2D eigenvalue weighted by molar-refractivity contribution is 7.99. The second-order valence-electron chi connectivity index (χ2n) is 3.78. The summed E-state index contributed by atoms with van der Waals surface area (Å²) in [5, 5.41) is 0.0679. The summed E-state index contributed by atoms with van der Waals surface area (Å²) in [6, 6.07) is 7.18. The molecule has 0 saturated carbocycles. The molecule has 8 heteroatoms. The summed E-state index contributed by atoms with van der Waals surface area (Å²) in [5.74, 6) is 4.51. The summed E-state index contributed by atoms with van der Waals surface area (Å²) >= 11 is 0.915. The molecule has 2 rings (SSSR count). The Kier molecular flexibility index (Phi) is 4.15. The number of hydrogen-bond donors (Lipinski definition) is 2. The number of anilines is 1. The lowest BCUT2D eigenvalue weighted by Gasteiger charge is -2.10. The number of aromatic nitrogens is 1. The van der Waals surface area contributed by atoms with Gasteiger partial charge in [0, 0.05) is 4.90 Å². The molecule has 0 aliphatic heterocycles. The molecule has 3 N–H and O–H groups in total. The normalized spacial score (nSPS) is 11.4. The Morgan fingerprint density at radius 3 is 2.50 bits per heavy atom. The van der Waals surface area contributed by atoms with Crippen LogP contribution in [-0.4, -0.2) is 4.98 Å². The van der Waals surface area contributed by atoms with Gasteiger partial charge in [-0.15, -0.1) is 0 Å². The Hall–Kier alpha value is -1.80. The second kappa shape index (κ2) is 5.68. The van der Waals surface area contributed by atoms with E-state index in [2.05, 4.69) is 10.4 Å². The van der Waals surface area contributed by atoms with E-state index in [1.165, 1.54) is 18.2 Å². The van der Waals surface area contributed by atoms with Crippen LogP contribution in [0.3, 0.4) is 0 Å². The van der Waals surface area contributed by atoms with Crippen molar-refractivity contribution in [1.29, 1.82) is 0 Å². The third-order valence-electron chi connectivity index (χ3n) is 2.30. The highest BCUT2D eigenvalue weighted by Gasteiger charge is 2.31. The molecule has 0 amide bonds. The standard InChI is InChI=1S/C12H9F4N3S/c13-8-2-1-3-9(6-8)20-11-5-7(12(14,15)16)4-10(18-11)19-17/h1-6H,17H2,(H,18,19). The number of halogens is 4. The van der Waals surface area contributed by atoms with E-state index in [9.17, 15) is 17.6 Å². The SMILES string of the molecule is NNc1cc(C(F)(F)F)cc(Sc2cccc(F)c2)n1. The molecule has 0 radical (unpaired) electrons. The fourth-order valence-electron chi connectivity index (χ4n) is 1.45. The van der Waals surface area contributed by atoms with Crippen LogP contribution in [0, 0.1) is 5.82 Å². The average molecular weight is 303 g/mol. The summed E-state index contributed by atoms with van der Waals surface area (Å²) in [7, 11) is 0. The number of benzene rings is 1. The minimum absolute atomic E-state index is 0.0679. The first-order valence-electron chi connectivity index (χ1n) is 5.38. The van der Waals surface area contributed by atoms with Gasteiger partial charge in [-0.05, 0) is 30.3 Å². The third-order valence-corrected chi connectivity index (χ3v) is 3.20. The van der Waals surface area contributed by atoms with Crippen molar-refractivity contribution in [2.24, 2.45) is 5.84 Å². The number of nitrogens with two attached hydrogens (primary N) is 1. The molecule has 0 aliphatic carbocycles. The molecule has 0 fully saturated rings. The van der Waals surface area contributed by atoms with E-state index in [0.717, 1.165) is 23.9 Å². The fourth-order valence-corrected chi connectivity index (χ4v) is 2.34. The molecular weight excluding hydrogens is 294 g/mol. The molecule has 0 bridgehead atoms. The predicted molar refractivity (Wildman–Crippen MR) is 67.6 cm³/mol. The minimum Gasteiger partial charge on any atom is -0.308 e. The van der Waals surface area contributed by atoms with Gasteiger partial charge >= 0.3 is 6.18 Å². The molecule has 0 spiro atoms. The number of hydrazine groups is 1. The quantitative estimate of drug-likeness (QED) is 0.516. The largest absolute Gasteiger partial charge is 0.416 e. The highest BCUT2D eigenvalue weighted by Crippen LogP contribution is 2.35. The molecule has 20 heavy (non-hydrogen) atoms. The van der Waals surface area contributed by atoms with Gasteiger partial charge in [0.2, 0.25) is 0 Å². The number of hydrogen-bond acceptors (Lipinski definition) is 4. The zero-order valence-corrected chi connectivity index (χ0v) is 10.7. The Labute approximate surface area is 116 Å². The Balaban J connectivity index is 2.36. The number of nitrogen functional groups attached to an aromatic ring is 1. The van der Waals surface area contributed by atoms with Gasteiger partial charge in [0.05, 0.1) is 5.56 Å². The second-order valence-corrected chi connectivity index (χ2v) is 4.87. The maximum absolute atomic E-state index is 13.0. The van der Waals surface area contributed by atoms with E-state index in [-0.39, 0.29) is 10.8 Å². The van der Waals surface area contributed by atoms with Crippen LogP contribution in [-0.2, 0) is 6.18 Å². The Morgan fingerprint density at radius 1 is 1.15 bits per heavy atom. The van der Waals surface area contributed by atoms with Crippen LogP contribution in [0.2, 0.25) is 0 Å². The van der Waals surface area contributed by atoms with Gasteiger partial charge in [0.1, 0.15) is 16.7 Å². The number of alkyl halides is 3. The number of rotatable bonds is 3. The summed E-state index contributed by atoms with van der Waals surface area (Å²) in [6.07, 6.45) is -4.51. The van der Waals surface area contributed by atoms with Gasteiger partial charge in [-0.2, -0.15) is 13.2 Å². The summed E-state index contributed by atoms with van der Waals surface area (Å²) in [6.45, 7) is 0. The minimum atomic E-state index is -4.51. The van der Waals surface area contributed by atoms with Crippen LogP contribution in [0.1, 0.15) is 5.56 Å². The van der Waals surface area contributed by atoms with Crippen LogP contribution in [0.25, 0.3) is 0 Å². The zero-order valence-electron chi connectivity index (χ0n) is 9.91. The predicted octanol–water partition coefficient (Wildman–Crippen LogP) is 3.68. The molecule has 0 aliphatic rings. The Bertz CT molecular complexity index is 616. The van der Waals surface area contributed by atoms with Gasteiger partial charge in [0.15, 0.2) is 0 Å². The molecule has 3 nitrogen and oxygen atoms in total. The molecule has 1 aromatic heterocycles. The van der Waals surface area contributed by atoms with Gasteiger partial charge in [-0.25, -0.2) is 15.2 Å². The van der Waals surface area contributed by atoms with Gasteiger partial charge in [-0.3, -0.25) is 0 Å². The number of nitrogens with zero attached hydrogens (tertiary/aromatic N) is 1. The van der Waals surface area contributed by atoms with Crippen molar-refractivity contribution >= 4 is 17.6 Å². The van der Waals surface area contributed by atoms with Crippen molar-refractivity contribution in [2.75, 3.05) is 5.43 Å². The van der Waals surface area contributed by atoms with E-state index in [4.69, 9.17) is 5.84 Å². The number of nitrogens with one attached hydrogen (secondary N) is 1. The first kappa shape index (κ1) is 14.6. The Morgan fingerprint density at radius 2 is 1.90 bits per heavy atom. The maximum atomic E-state index is 13.0. The zero-order chi connectivity index (χ0) is 14.8.